The molecule has 0 unspecified atom stereocenters. The number of carbonyl (C=O) groups excluding carboxylic acids is 2. The lowest BCUT2D eigenvalue weighted by atomic mass is 10.1. The molecule has 154 valence electrons. The quantitative estimate of drug-likeness (QED) is 0.434. The molecule has 1 aliphatic rings. The zero-order valence-electron chi connectivity index (χ0n) is 16.7. The Morgan fingerprint density at radius 3 is 2.61 bits per heavy atom. The van der Waals surface area contributed by atoms with E-state index in [1.165, 1.54) is 4.90 Å². The summed E-state index contributed by atoms with van der Waals surface area (Å²) in [5.74, 6) is -0.641. The SMILES string of the molecule is Cc1ccc(NC(=O)CN2C(=O)/C(=N/N=C\c3cccc(Br)c3)c3ccccc32)cc1. The van der Waals surface area contributed by atoms with Crippen LogP contribution in [-0.4, -0.2) is 30.3 Å². The van der Waals surface area contributed by atoms with Gasteiger partial charge in [0.2, 0.25) is 5.91 Å². The van der Waals surface area contributed by atoms with Crippen molar-refractivity contribution in [3.63, 3.8) is 0 Å². The van der Waals surface area contributed by atoms with Gasteiger partial charge in [-0.2, -0.15) is 5.10 Å². The van der Waals surface area contributed by atoms with Crippen molar-refractivity contribution >= 4 is 51.0 Å². The highest BCUT2D eigenvalue weighted by Gasteiger charge is 2.35. The van der Waals surface area contributed by atoms with E-state index in [1.54, 1.807) is 18.3 Å². The van der Waals surface area contributed by atoms with Crippen LogP contribution in [0.15, 0.2) is 87.5 Å². The first-order valence-electron chi connectivity index (χ1n) is 9.65. The van der Waals surface area contributed by atoms with E-state index >= 15 is 0 Å². The van der Waals surface area contributed by atoms with Gasteiger partial charge in [0.05, 0.1) is 11.9 Å². The van der Waals surface area contributed by atoms with Gasteiger partial charge in [0.15, 0.2) is 5.71 Å². The summed E-state index contributed by atoms with van der Waals surface area (Å²) in [6, 6.07) is 22.3. The van der Waals surface area contributed by atoms with Crippen LogP contribution in [0.5, 0.6) is 0 Å². The molecule has 0 saturated heterocycles. The van der Waals surface area contributed by atoms with Crippen LogP contribution < -0.4 is 10.2 Å². The van der Waals surface area contributed by atoms with Gasteiger partial charge in [-0.3, -0.25) is 14.5 Å². The zero-order valence-corrected chi connectivity index (χ0v) is 18.3. The van der Waals surface area contributed by atoms with Crippen LogP contribution in [0.1, 0.15) is 16.7 Å². The Morgan fingerprint density at radius 2 is 1.84 bits per heavy atom. The molecular weight excluding hydrogens is 456 g/mol. The van der Waals surface area contributed by atoms with Crippen molar-refractivity contribution in [2.75, 3.05) is 16.8 Å². The summed E-state index contributed by atoms with van der Waals surface area (Å²) in [6.45, 7) is 1.86. The summed E-state index contributed by atoms with van der Waals surface area (Å²) in [4.78, 5) is 27.0. The Hall–Kier alpha value is -3.58. The van der Waals surface area contributed by atoms with Gasteiger partial charge in [-0.1, -0.05) is 64.0 Å². The smallest absolute Gasteiger partial charge is 0.279 e. The van der Waals surface area contributed by atoms with E-state index in [-0.39, 0.29) is 24.1 Å². The molecule has 0 fully saturated rings. The Morgan fingerprint density at radius 1 is 1.06 bits per heavy atom. The lowest BCUT2D eigenvalue weighted by molar-refractivity contribution is -0.118. The van der Waals surface area contributed by atoms with Crippen molar-refractivity contribution in [3.05, 3.63) is 94.0 Å². The maximum absolute atomic E-state index is 13.0. The molecule has 4 rings (SSSR count). The van der Waals surface area contributed by atoms with Crippen molar-refractivity contribution < 1.29 is 9.59 Å². The number of nitrogens with zero attached hydrogens (tertiary/aromatic N) is 3. The molecule has 1 aliphatic heterocycles. The standard InChI is InChI=1S/C24H19BrN4O2/c1-16-9-11-19(12-10-16)27-22(30)15-29-21-8-3-2-7-20(21)23(24(29)31)28-26-14-17-5-4-6-18(25)13-17/h2-14H,15H2,1H3,(H,27,30)/b26-14-,28-23+. The monoisotopic (exact) mass is 474 g/mol. The lowest BCUT2D eigenvalue weighted by Crippen LogP contribution is -2.37. The van der Waals surface area contributed by atoms with E-state index in [9.17, 15) is 9.59 Å². The highest BCUT2D eigenvalue weighted by atomic mass is 79.9. The zero-order chi connectivity index (χ0) is 21.8. The highest BCUT2D eigenvalue weighted by Crippen LogP contribution is 2.29. The average Bonchev–Trinajstić information content (AvgIpc) is 3.01. The topological polar surface area (TPSA) is 74.1 Å². The van der Waals surface area contributed by atoms with Crippen molar-refractivity contribution in [1.29, 1.82) is 0 Å². The maximum Gasteiger partial charge on any atom is 0.279 e. The number of anilines is 2. The number of fused-ring (bicyclic) bond motifs is 1. The van der Waals surface area contributed by atoms with Crippen molar-refractivity contribution in [3.8, 4) is 0 Å². The van der Waals surface area contributed by atoms with Gasteiger partial charge in [-0.15, -0.1) is 5.10 Å². The third-order valence-electron chi connectivity index (χ3n) is 4.75. The second-order valence-electron chi connectivity index (χ2n) is 7.07. The molecule has 3 aromatic rings. The summed E-state index contributed by atoms with van der Waals surface area (Å²) >= 11 is 3.41. The first-order chi connectivity index (χ1) is 15.0. The summed E-state index contributed by atoms with van der Waals surface area (Å²) in [6.07, 6.45) is 1.58. The molecule has 2 amide bonds. The average molecular weight is 475 g/mol. The van der Waals surface area contributed by atoms with E-state index in [0.29, 0.717) is 16.9 Å². The van der Waals surface area contributed by atoms with E-state index in [1.807, 2.05) is 67.6 Å². The molecule has 1 N–H and O–H groups in total. The first-order valence-corrected chi connectivity index (χ1v) is 10.4. The van der Waals surface area contributed by atoms with E-state index < -0.39 is 0 Å². The predicted octanol–water partition coefficient (Wildman–Crippen LogP) is 4.57. The Labute approximate surface area is 188 Å². The Balaban J connectivity index is 1.54. The van der Waals surface area contributed by atoms with Crippen molar-refractivity contribution in [2.45, 2.75) is 6.92 Å². The number of carbonyl (C=O) groups is 2. The molecule has 6 nitrogen and oxygen atoms in total. The third-order valence-corrected chi connectivity index (χ3v) is 5.24. The number of amides is 2. The van der Waals surface area contributed by atoms with Crippen LogP contribution in [-0.2, 0) is 9.59 Å². The number of rotatable bonds is 5. The van der Waals surface area contributed by atoms with Crippen LogP contribution in [0.4, 0.5) is 11.4 Å². The fraction of sp³-hybridized carbons (Fsp3) is 0.0833. The molecule has 0 radical (unpaired) electrons. The van der Waals surface area contributed by atoms with Gasteiger partial charge < -0.3 is 5.32 Å². The lowest BCUT2D eigenvalue weighted by Gasteiger charge is -2.16. The molecule has 0 spiro atoms. The number of benzene rings is 3. The van der Waals surface area contributed by atoms with Gasteiger partial charge in [0, 0.05) is 15.7 Å². The molecule has 0 atom stereocenters. The Kier molecular flexibility index (Phi) is 6.04. The fourth-order valence-corrected chi connectivity index (χ4v) is 3.65. The number of aryl methyl sites for hydroxylation is 1. The molecule has 0 bridgehead atoms. The molecule has 7 heteroatoms. The minimum Gasteiger partial charge on any atom is -0.325 e. The molecule has 3 aromatic carbocycles. The van der Waals surface area contributed by atoms with Gasteiger partial charge in [0.25, 0.3) is 5.91 Å². The summed E-state index contributed by atoms with van der Waals surface area (Å²) < 4.78 is 0.928. The molecule has 1 heterocycles. The van der Waals surface area contributed by atoms with E-state index in [2.05, 4.69) is 31.4 Å². The predicted molar refractivity (Wildman–Crippen MR) is 127 cm³/mol. The highest BCUT2D eigenvalue weighted by molar-refractivity contribution is 9.10. The third kappa shape index (κ3) is 4.78. The van der Waals surface area contributed by atoms with Gasteiger partial charge >= 0.3 is 0 Å². The van der Waals surface area contributed by atoms with Crippen molar-refractivity contribution in [2.24, 2.45) is 10.2 Å². The summed E-state index contributed by atoms with van der Waals surface area (Å²) in [7, 11) is 0. The van der Waals surface area contributed by atoms with Gasteiger partial charge in [0.1, 0.15) is 6.54 Å². The molecule has 31 heavy (non-hydrogen) atoms. The molecule has 0 aliphatic carbocycles. The minimum atomic E-state index is -0.355. The van der Waals surface area contributed by atoms with Gasteiger partial charge in [-0.25, -0.2) is 0 Å². The summed E-state index contributed by atoms with van der Waals surface area (Å²) in [5.41, 5.74) is 4.15. The van der Waals surface area contributed by atoms with Gasteiger partial charge in [-0.05, 0) is 42.8 Å². The number of para-hydroxylation sites is 1. The Bertz CT molecular complexity index is 1200. The van der Waals surface area contributed by atoms with Crippen LogP contribution in [0.2, 0.25) is 0 Å². The van der Waals surface area contributed by atoms with Crippen LogP contribution in [0.25, 0.3) is 0 Å². The number of hydrogen-bond acceptors (Lipinski definition) is 4. The summed E-state index contributed by atoms with van der Waals surface area (Å²) in [5, 5.41) is 11.1. The second kappa shape index (κ2) is 9.06. The van der Waals surface area contributed by atoms with Crippen LogP contribution in [0, 0.1) is 6.92 Å². The largest absolute Gasteiger partial charge is 0.325 e. The number of nitrogens with one attached hydrogen (secondary N) is 1. The van der Waals surface area contributed by atoms with Crippen LogP contribution in [0.3, 0.4) is 0 Å². The normalized spacial score (nSPS) is 14.3. The maximum atomic E-state index is 13.0. The molecular formula is C24H19BrN4O2. The fourth-order valence-electron chi connectivity index (χ4n) is 3.24. The van der Waals surface area contributed by atoms with Crippen molar-refractivity contribution in [1.82, 2.24) is 0 Å². The minimum absolute atomic E-state index is 0.113. The first kappa shape index (κ1) is 20.7. The molecule has 0 aromatic heterocycles. The molecule has 0 saturated carbocycles. The van der Waals surface area contributed by atoms with E-state index in [4.69, 9.17) is 0 Å². The van der Waals surface area contributed by atoms with Crippen LogP contribution >= 0.6 is 15.9 Å². The number of hydrogen-bond donors (Lipinski definition) is 1. The van der Waals surface area contributed by atoms with E-state index in [0.717, 1.165) is 15.6 Å². The number of halogens is 1. The second-order valence-corrected chi connectivity index (χ2v) is 7.99.